The molecular formula is H4AlO7Si2. The van der Waals surface area contributed by atoms with E-state index in [-0.39, 0.29) is 0 Å². The minimum absolute atomic E-state index is 1.25. The van der Waals surface area contributed by atoms with Crippen molar-refractivity contribution >= 4 is 34.0 Å². The normalized spacial score (nSPS) is 29.2. The van der Waals surface area contributed by atoms with Crippen molar-refractivity contribution in [3.8, 4) is 0 Å². The first-order chi connectivity index (χ1) is 4.41. The molecule has 7 nitrogen and oxygen atoms in total. The zero-order chi connectivity index (χ0) is 7.83. The average Bonchev–Trinajstić information content (AvgIpc) is 1.56. The third-order valence-corrected chi connectivity index (χ3v) is 6.02. The molecule has 4 N–H and O–H groups in total. The smallest absolute Gasteiger partial charge is 0.464 e. The Kier molecular flexibility index (Phi) is 2.30. The van der Waals surface area contributed by atoms with Crippen LogP contribution in [0.15, 0.2) is 0 Å². The predicted octanol–water partition coefficient (Wildman–Crippen LogP) is -3.58. The first-order valence-electron chi connectivity index (χ1n) is 2.18. The van der Waals surface area contributed by atoms with E-state index < -0.39 is 34.0 Å². The van der Waals surface area contributed by atoms with Gasteiger partial charge in [0.05, 0.1) is 0 Å². The highest BCUT2D eigenvalue weighted by atomic mass is 28.5. The standard InChI is InChI=1S/Al.H4O7Si2/c;1-8(2,3)7-9(4,5)6/h;1-2,4-5H/q+2;-2. The van der Waals surface area contributed by atoms with Crippen molar-refractivity contribution in [1.82, 2.24) is 0 Å². The Labute approximate surface area is 64.8 Å². The lowest BCUT2D eigenvalue weighted by Gasteiger charge is -2.29. The fourth-order valence-electron chi connectivity index (χ4n) is 0.371. The maximum absolute atomic E-state index is 8.62. The summed E-state index contributed by atoms with van der Waals surface area (Å²) in [5.74, 6) is 0. The summed E-state index contributed by atoms with van der Waals surface area (Å²) in [5, 5.41) is 0. The van der Waals surface area contributed by atoms with Crippen LogP contribution >= 0.6 is 0 Å². The lowest BCUT2D eigenvalue weighted by molar-refractivity contribution is 0.0203. The van der Waals surface area contributed by atoms with Gasteiger partial charge in [0.1, 0.15) is 0 Å². The third-order valence-electron chi connectivity index (χ3n) is 0.669. The van der Waals surface area contributed by atoms with Gasteiger partial charge >= 0.3 is 34.0 Å². The minimum Gasteiger partial charge on any atom is -0.464 e. The monoisotopic (exact) mass is 199 g/mol. The van der Waals surface area contributed by atoms with Crippen LogP contribution in [-0.2, 0) is 11.1 Å². The Morgan fingerprint density at radius 2 is 1.30 bits per heavy atom. The zero-order valence-electron chi connectivity index (χ0n) is 4.59. The van der Waals surface area contributed by atoms with Gasteiger partial charge in [-0.05, 0) is 0 Å². The summed E-state index contributed by atoms with van der Waals surface area (Å²) < 4.78 is 12.3. The summed E-state index contributed by atoms with van der Waals surface area (Å²) in [4.78, 5) is 34.5. The van der Waals surface area contributed by atoms with Crippen LogP contribution in [0.25, 0.3) is 0 Å². The molecule has 0 bridgehead atoms. The highest BCUT2D eigenvalue weighted by Gasteiger charge is 2.54. The summed E-state index contributed by atoms with van der Waals surface area (Å²) in [7, 11) is -8.50. The van der Waals surface area contributed by atoms with Crippen molar-refractivity contribution in [1.29, 1.82) is 0 Å². The maximum atomic E-state index is 8.62. The quantitative estimate of drug-likeness (QED) is 0.299. The van der Waals surface area contributed by atoms with Gasteiger partial charge in [0.25, 0.3) is 0 Å². The molecule has 1 aliphatic heterocycles. The maximum Gasteiger partial charge on any atom is 0.654 e. The Balaban J connectivity index is 2.56. The molecule has 0 atom stereocenters. The van der Waals surface area contributed by atoms with E-state index in [0.29, 0.717) is 0 Å². The molecule has 0 aliphatic carbocycles. The average molecular weight is 199 g/mol. The molecule has 1 aliphatic rings. The van der Waals surface area contributed by atoms with E-state index in [0.717, 1.165) is 0 Å². The van der Waals surface area contributed by atoms with Crippen LogP contribution in [0.3, 0.4) is 0 Å². The van der Waals surface area contributed by atoms with Gasteiger partial charge < -0.3 is 30.3 Å². The fourth-order valence-corrected chi connectivity index (χ4v) is 4.64. The summed E-state index contributed by atoms with van der Waals surface area (Å²) >= 11 is -1.25. The van der Waals surface area contributed by atoms with Crippen LogP contribution in [-0.4, -0.2) is 53.2 Å². The summed E-state index contributed by atoms with van der Waals surface area (Å²) in [6.45, 7) is 0. The van der Waals surface area contributed by atoms with Crippen LogP contribution in [0, 0.1) is 0 Å². The molecule has 1 rings (SSSR count). The SMILES string of the molecule is O[Si]1(O)[O][Al][O][Si](O)(O)O1. The Hall–Kier alpha value is 0.686. The number of hydrogen-bond donors (Lipinski definition) is 4. The van der Waals surface area contributed by atoms with E-state index in [1.165, 1.54) is 0 Å². The summed E-state index contributed by atoms with van der Waals surface area (Å²) in [6.07, 6.45) is 0. The van der Waals surface area contributed by atoms with E-state index >= 15 is 0 Å². The topological polar surface area (TPSA) is 109 Å². The number of rotatable bonds is 0. The predicted molar refractivity (Wildman–Crippen MR) is 29.4 cm³/mol. The van der Waals surface area contributed by atoms with Gasteiger partial charge in [0.15, 0.2) is 0 Å². The van der Waals surface area contributed by atoms with Gasteiger partial charge in [-0.15, -0.1) is 0 Å². The lowest BCUT2D eigenvalue weighted by Crippen LogP contribution is -2.62. The first kappa shape index (κ1) is 8.78. The van der Waals surface area contributed by atoms with Gasteiger partial charge in [-0.2, -0.15) is 0 Å². The third kappa shape index (κ3) is 2.38. The fraction of sp³-hybridized carbons (Fsp3) is 0. The Morgan fingerprint density at radius 3 is 1.50 bits per heavy atom. The van der Waals surface area contributed by atoms with E-state index in [4.69, 9.17) is 19.2 Å². The second-order valence-corrected chi connectivity index (χ2v) is 6.62. The lowest BCUT2D eigenvalue weighted by atomic mass is 15.6. The van der Waals surface area contributed by atoms with Crippen LogP contribution in [0.5, 0.6) is 0 Å². The highest BCUT2D eigenvalue weighted by Crippen LogP contribution is 2.11. The van der Waals surface area contributed by atoms with E-state index in [1.807, 2.05) is 0 Å². The van der Waals surface area contributed by atoms with Crippen molar-refractivity contribution in [2.75, 3.05) is 0 Å². The first-order valence-corrected chi connectivity index (χ1v) is 6.55. The molecule has 10 heavy (non-hydrogen) atoms. The molecule has 1 saturated heterocycles. The van der Waals surface area contributed by atoms with Gasteiger partial charge in [-0.25, -0.2) is 0 Å². The molecule has 0 amide bonds. The van der Waals surface area contributed by atoms with Crippen molar-refractivity contribution in [3.05, 3.63) is 0 Å². The van der Waals surface area contributed by atoms with E-state index in [1.54, 1.807) is 0 Å². The van der Waals surface area contributed by atoms with Crippen LogP contribution in [0.1, 0.15) is 0 Å². The van der Waals surface area contributed by atoms with E-state index in [9.17, 15) is 0 Å². The van der Waals surface area contributed by atoms with Crippen molar-refractivity contribution in [2.45, 2.75) is 0 Å². The Bertz CT molecular complexity index is 118. The number of hydrogen-bond acceptors (Lipinski definition) is 7. The minimum atomic E-state index is -4.25. The molecular weight excluding hydrogens is 195 g/mol. The molecule has 10 heteroatoms. The molecule has 57 valence electrons. The molecule has 0 saturated carbocycles. The molecule has 0 aromatic carbocycles. The summed E-state index contributed by atoms with van der Waals surface area (Å²) in [6, 6.07) is 0. The molecule has 1 fully saturated rings. The highest BCUT2D eigenvalue weighted by molar-refractivity contribution is 6.73. The molecule has 1 heterocycles. The van der Waals surface area contributed by atoms with Gasteiger partial charge in [0.2, 0.25) is 0 Å². The van der Waals surface area contributed by atoms with Crippen molar-refractivity contribution < 1.29 is 30.3 Å². The summed E-state index contributed by atoms with van der Waals surface area (Å²) in [5.41, 5.74) is 0. The second-order valence-electron chi connectivity index (χ2n) is 1.53. The second kappa shape index (κ2) is 2.62. The van der Waals surface area contributed by atoms with Crippen LogP contribution in [0.4, 0.5) is 0 Å². The van der Waals surface area contributed by atoms with Crippen molar-refractivity contribution in [2.24, 2.45) is 0 Å². The molecule has 1 radical (unpaired) electrons. The molecule has 0 spiro atoms. The van der Waals surface area contributed by atoms with Gasteiger partial charge in [0, 0.05) is 0 Å². The van der Waals surface area contributed by atoms with E-state index in [2.05, 4.69) is 11.1 Å². The Morgan fingerprint density at radius 1 is 0.900 bits per heavy atom. The molecule has 0 unspecified atom stereocenters. The molecule has 0 aromatic rings. The zero-order valence-corrected chi connectivity index (χ0v) is 7.75. The van der Waals surface area contributed by atoms with Crippen LogP contribution in [0.2, 0.25) is 0 Å². The van der Waals surface area contributed by atoms with Crippen molar-refractivity contribution in [3.63, 3.8) is 0 Å². The molecule has 0 aromatic heterocycles. The van der Waals surface area contributed by atoms with Gasteiger partial charge in [-0.3, -0.25) is 0 Å². The largest absolute Gasteiger partial charge is 0.654 e. The van der Waals surface area contributed by atoms with Gasteiger partial charge in [-0.1, -0.05) is 0 Å². The van der Waals surface area contributed by atoms with Crippen LogP contribution < -0.4 is 0 Å².